The van der Waals surface area contributed by atoms with Gasteiger partial charge in [0.15, 0.2) is 0 Å². The Kier molecular flexibility index (Phi) is 5.79. The standard InChI is InChI=1S/C15H25NO2/c1-12(2)15(3,17)11-16-9-13-6-5-7-14(8-13)10-18-4/h5-8,12,16-17H,9-11H2,1-4H3. The average molecular weight is 251 g/mol. The Morgan fingerprint density at radius 1 is 1.33 bits per heavy atom. The highest BCUT2D eigenvalue weighted by Crippen LogP contribution is 2.15. The number of ether oxygens (including phenoxy) is 1. The molecule has 102 valence electrons. The van der Waals surface area contributed by atoms with Crippen molar-refractivity contribution in [3.63, 3.8) is 0 Å². The molecule has 1 atom stereocenters. The highest BCUT2D eigenvalue weighted by molar-refractivity contribution is 5.22. The van der Waals surface area contributed by atoms with E-state index in [0.29, 0.717) is 13.2 Å². The van der Waals surface area contributed by atoms with Gasteiger partial charge in [0.1, 0.15) is 0 Å². The molecule has 1 aromatic rings. The van der Waals surface area contributed by atoms with Crippen LogP contribution < -0.4 is 5.32 Å². The van der Waals surface area contributed by atoms with E-state index in [1.54, 1.807) is 7.11 Å². The third-order valence-corrected chi connectivity index (χ3v) is 3.36. The molecule has 18 heavy (non-hydrogen) atoms. The minimum atomic E-state index is -0.663. The van der Waals surface area contributed by atoms with Gasteiger partial charge in [-0.2, -0.15) is 0 Å². The summed E-state index contributed by atoms with van der Waals surface area (Å²) in [6.07, 6.45) is 0. The number of methoxy groups -OCH3 is 1. The fourth-order valence-electron chi connectivity index (χ4n) is 1.66. The summed E-state index contributed by atoms with van der Waals surface area (Å²) in [6.45, 7) is 7.92. The van der Waals surface area contributed by atoms with Crippen molar-refractivity contribution in [1.82, 2.24) is 5.32 Å². The van der Waals surface area contributed by atoms with Crippen molar-refractivity contribution in [3.8, 4) is 0 Å². The van der Waals surface area contributed by atoms with Crippen LogP contribution in [0.5, 0.6) is 0 Å². The predicted octanol–water partition coefficient (Wildman–Crippen LogP) is 2.33. The van der Waals surface area contributed by atoms with Crippen LogP contribution in [0.15, 0.2) is 24.3 Å². The SMILES string of the molecule is COCc1cccc(CNCC(C)(O)C(C)C)c1. The van der Waals surface area contributed by atoms with Crippen LogP contribution in [-0.2, 0) is 17.9 Å². The maximum atomic E-state index is 10.1. The first-order valence-electron chi connectivity index (χ1n) is 6.45. The average Bonchev–Trinajstić information content (AvgIpc) is 2.29. The molecule has 0 aliphatic carbocycles. The molecule has 1 aromatic carbocycles. The second kappa shape index (κ2) is 6.88. The lowest BCUT2D eigenvalue weighted by molar-refractivity contribution is 0.0140. The molecule has 0 saturated heterocycles. The molecule has 1 rings (SSSR count). The highest BCUT2D eigenvalue weighted by Gasteiger charge is 2.23. The van der Waals surface area contributed by atoms with Crippen LogP contribution in [-0.4, -0.2) is 24.4 Å². The van der Waals surface area contributed by atoms with Gasteiger partial charge in [-0.3, -0.25) is 0 Å². The summed E-state index contributed by atoms with van der Waals surface area (Å²) in [6, 6.07) is 8.29. The summed E-state index contributed by atoms with van der Waals surface area (Å²) in [7, 11) is 1.70. The van der Waals surface area contributed by atoms with Gasteiger partial charge in [-0.05, 0) is 24.0 Å². The molecule has 1 unspecified atom stereocenters. The number of hydrogen-bond acceptors (Lipinski definition) is 3. The molecular weight excluding hydrogens is 226 g/mol. The van der Waals surface area contributed by atoms with Crippen LogP contribution in [0.4, 0.5) is 0 Å². The topological polar surface area (TPSA) is 41.5 Å². The van der Waals surface area contributed by atoms with Gasteiger partial charge in [0.05, 0.1) is 12.2 Å². The molecule has 0 amide bonds. The minimum absolute atomic E-state index is 0.241. The Hall–Kier alpha value is -0.900. The Morgan fingerprint density at radius 2 is 2.00 bits per heavy atom. The maximum Gasteiger partial charge on any atom is 0.0766 e. The summed E-state index contributed by atoms with van der Waals surface area (Å²) >= 11 is 0. The van der Waals surface area contributed by atoms with Gasteiger partial charge >= 0.3 is 0 Å². The number of rotatable bonds is 7. The molecule has 0 saturated carbocycles. The van der Waals surface area contributed by atoms with Crippen molar-refractivity contribution in [2.75, 3.05) is 13.7 Å². The molecule has 0 radical (unpaired) electrons. The molecule has 0 aliphatic rings. The lowest BCUT2D eigenvalue weighted by Crippen LogP contribution is -2.41. The zero-order valence-electron chi connectivity index (χ0n) is 11.9. The summed E-state index contributed by atoms with van der Waals surface area (Å²) < 4.78 is 5.11. The van der Waals surface area contributed by atoms with Crippen LogP contribution in [0.25, 0.3) is 0 Å². The summed E-state index contributed by atoms with van der Waals surface area (Å²) in [4.78, 5) is 0. The van der Waals surface area contributed by atoms with Crippen molar-refractivity contribution in [2.24, 2.45) is 5.92 Å². The van der Waals surface area contributed by atoms with Gasteiger partial charge in [0, 0.05) is 20.2 Å². The molecular formula is C15H25NO2. The first kappa shape index (κ1) is 15.2. The van der Waals surface area contributed by atoms with E-state index in [1.165, 1.54) is 11.1 Å². The number of hydrogen-bond donors (Lipinski definition) is 2. The summed E-state index contributed by atoms with van der Waals surface area (Å²) in [5.74, 6) is 0.241. The van der Waals surface area contributed by atoms with Gasteiger partial charge in [0.2, 0.25) is 0 Å². The van der Waals surface area contributed by atoms with Gasteiger partial charge in [0.25, 0.3) is 0 Å². The second-order valence-corrected chi connectivity index (χ2v) is 5.37. The lowest BCUT2D eigenvalue weighted by atomic mass is 9.92. The van der Waals surface area contributed by atoms with Gasteiger partial charge in [-0.15, -0.1) is 0 Å². The number of nitrogens with one attached hydrogen (secondary N) is 1. The lowest BCUT2D eigenvalue weighted by Gasteiger charge is -2.28. The Bertz CT molecular complexity index is 361. The Labute approximate surface area is 110 Å². The molecule has 3 heteroatoms. The van der Waals surface area contributed by atoms with Crippen LogP contribution in [0.3, 0.4) is 0 Å². The largest absolute Gasteiger partial charge is 0.389 e. The maximum absolute atomic E-state index is 10.1. The van der Waals surface area contributed by atoms with E-state index < -0.39 is 5.60 Å². The van der Waals surface area contributed by atoms with E-state index in [2.05, 4.69) is 23.5 Å². The predicted molar refractivity (Wildman–Crippen MR) is 74.3 cm³/mol. The summed E-state index contributed by atoms with van der Waals surface area (Å²) in [5, 5.41) is 13.4. The highest BCUT2D eigenvalue weighted by atomic mass is 16.5. The Balaban J connectivity index is 2.46. The smallest absolute Gasteiger partial charge is 0.0766 e. The molecule has 0 spiro atoms. The normalized spacial score (nSPS) is 14.8. The number of aliphatic hydroxyl groups is 1. The van der Waals surface area contributed by atoms with Crippen molar-refractivity contribution >= 4 is 0 Å². The fourth-order valence-corrected chi connectivity index (χ4v) is 1.66. The number of benzene rings is 1. The van der Waals surface area contributed by atoms with E-state index in [0.717, 1.165) is 6.54 Å². The first-order chi connectivity index (χ1) is 8.45. The van der Waals surface area contributed by atoms with Gasteiger partial charge in [-0.25, -0.2) is 0 Å². The molecule has 3 nitrogen and oxygen atoms in total. The molecule has 0 aliphatic heterocycles. The Morgan fingerprint density at radius 3 is 2.61 bits per heavy atom. The second-order valence-electron chi connectivity index (χ2n) is 5.37. The molecule has 0 bridgehead atoms. The zero-order valence-corrected chi connectivity index (χ0v) is 11.9. The monoisotopic (exact) mass is 251 g/mol. The van der Waals surface area contributed by atoms with E-state index in [1.807, 2.05) is 26.8 Å². The van der Waals surface area contributed by atoms with Crippen LogP contribution in [0.1, 0.15) is 31.9 Å². The van der Waals surface area contributed by atoms with Crippen molar-refractivity contribution in [2.45, 2.75) is 39.5 Å². The molecule has 0 aromatic heterocycles. The van der Waals surface area contributed by atoms with Crippen LogP contribution in [0, 0.1) is 5.92 Å². The van der Waals surface area contributed by atoms with Crippen molar-refractivity contribution in [1.29, 1.82) is 0 Å². The van der Waals surface area contributed by atoms with Crippen molar-refractivity contribution < 1.29 is 9.84 Å². The molecule has 2 N–H and O–H groups in total. The van der Waals surface area contributed by atoms with Crippen molar-refractivity contribution in [3.05, 3.63) is 35.4 Å². The van der Waals surface area contributed by atoms with E-state index >= 15 is 0 Å². The third kappa shape index (κ3) is 4.77. The third-order valence-electron chi connectivity index (χ3n) is 3.36. The van der Waals surface area contributed by atoms with E-state index in [-0.39, 0.29) is 5.92 Å². The van der Waals surface area contributed by atoms with Gasteiger partial charge < -0.3 is 15.2 Å². The molecule has 0 heterocycles. The van der Waals surface area contributed by atoms with E-state index in [4.69, 9.17) is 4.74 Å². The minimum Gasteiger partial charge on any atom is -0.389 e. The van der Waals surface area contributed by atoms with Crippen LogP contribution >= 0.6 is 0 Å². The fraction of sp³-hybridized carbons (Fsp3) is 0.600. The van der Waals surface area contributed by atoms with Crippen LogP contribution in [0.2, 0.25) is 0 Å². The van der Waals surface area contributed by atoms with E-state index in [9.17, 15) is 5.11 Å². The first-order valence-corrected chi connectivity index (χ1v) is 6.45. The molecule has 0 fully saturated rings. The van der Waals surface area contributed by atoms with Gasteiger partial charge in [-0.1, -0.05) is 38.1 Å². The quantitative estimate of drug-likeness (QED) is 0.781. The summed E-state index contributed by atoms with van der Waals surface area (Å²) in [5.41, 5.74) is 1.72. The zero-order chi connectivity index (χ0) is 13.6.